The highest BCUT2D eigenvalue weighted by atomic mass is 79.9. The molecule has 0 unspecified atom stereocenters. The first-order chi connectivity index (χ1) is 8.78. The minimum Gasteiger partial charge on any atom is -0.325 e. The van der Waals surface area contributed by atoms with Gasteiger partial charge in [0.25, 0.3) is 0 Å². The maximum atomic E-state index is 5.44. The van der Waals surface area contributed by atoms with Crippen molar-refractivity contribution in [3.8, 4) is 0 Å². The summed E-state index contributed by atoms with van der Waals surface area (Å²) in [6, 6.07) is 11.8. The number of halogens is 1. The van der Waals surface area contributed by atoms with E-state index in [2.05, 4.69) is 31.7 Å². The van der Waals surface area contributed by atoms with Gasteiger partial charge in [0.1, 0.15) is 0 Å². The molecule has 0 radical (unpaired) electrons. The summed E-state index contributed by atoms with van der Waals surface area (Å²) in [4.78, 5) is 5.55. The van der Waals surface area contributed by atoms with Gasteiger partial charge in [-0.2, -0.15) is 0 Å². The maximum Gasteiger partial charge on any atom is 0.210 e. The summed E-state index contributed by atoms with van der Waals surface area (Å²) in [5, 5.41) is 5.15. The Morgan fingerprint density at radius 1 is 1.33 bits per heavy atom. The normalized spacial score (nSPS) is 11.3. The molecule has 0 atom stereocenters. The van der Waals surface area contributed by atoms with Crippen molar-refractivity contribution in [2.24, 2.45) is 10.8 Å². The number of aliphatic imine (C=N–C) groups is 1. The lowest BCUT2D eigenvalue weighted by Crippen LogP contribution is -2.36. The number of hydrazine groups is 1. The van der Waals surface area contributed by atoms with Gasteiger partial charge in [0.05, 0.1) is 6.54 Å². The predicted octanol–water partition coefficient (Wildman–Crippen LogP) is 2.94. The third kappa shape index (κ3) is 3.83. The molecule has 0 saturated carbocycles. The van der Waals surface area contributed by atoms with E-state index < -0.39 is 0 Å². The van der Waals surface area contributed by atoms with E-state index in [9.17, 15) is 0 Å². The van der Waals surface area contributed by atoms with E-state index in [0.29, 0.717) is 12.5 Å². The van der Waals surface area contributed by atoms with Crippen molar-refractivity contribution in [2.45, 2.75) is 6.54 Å². The number of nitrogens with one attached hydrogen (secondary N) is 2. The molecule has 18 heavy (non-hydrogen) atoms. The van der Waals surface area contributed by atoms with Crippen LogP contribution in [0.3, 0.4) is 0 Å². The van der Waals surface area contributed by atoms with Gasteiger partial charge < -0.3 is 5.32 Å². The summed E-state index contributed by atoms with van der Waals surface area (Å²) < 4.78 is 1.08. The molecule has 0 bridgehead atoms. The lowest BCUT2D eigenvalue weighted by molar-refractivity contribution is 0.976. The fourth-order valence-corrected chi connectivity index (χ4v) is 2.75. The van der Waals surface area contributed by atoms with Crippen LogP contribution in [0.25, 0.3) is 0 Å². The smallest absolute Gasteiger partial charge is 0.210 e. The van der Waals surface area contributed by atoms with Crippen molar-refractivity contribution in [3.63, 3.8) is 0 Å². The molecular weight excluding hydrogens is 312 g/mol. The van der Waals surface area contributed by atoms with Crippen molar-refractivity contribution in [1.29, 1.82) is 0 Å². The van der Waals surface area contributed by atoms with E-state index in [4.69, 9.17) is 5.84 Å². The minimum atomic E-state index is 0.547. The van der Waals surface area contributed by atoms with Crippen LogP contribution in [-0.2, 0) is 6.54 Å². The first-order valence-electron chi connectivity index (χ1n) is 5.34. The van der Waals surface area contributed by atoms with Crippen LogP contribution in [0.2, 0.25) is 0 Å². The summed E-state index contributed by atoms with van der Waals surface area (Å²) in [6.07, 6.45) is 0. The van der Waals surface area contributed by atoms with Crippen LogP contribution >= 0.6 is 27.3 Å². The van der Waals surface area contributed by atoms with Crippen molar-refractivity contribution < 1.29 is 0 Å². The van der Waals surface area contributed by atoms with Crippen molar-refractivity contribution >= 4 is 38.9 Å². The molecule has 0 amide bonds. The Labute approximate surface area is 118 Å². The molecule has 6 heteroatoms. The maximum absolute atomic E-state index is 5.44. The Morgan fingerprint density at radius 3 is 2.72 bits per heavy atom. The number of anilines is 1. The Morgan fingerprint density at radius 2 is 2.11 bits per heavy atom. The van der Waals surface area contributed by atoms with E-state index in [0.717, 1.165) is 10.2 Å². The number of rotatable bonds is 3. The zero-order valence-electron chi connectivity index (χ0n) is 9.56. The molecular formula is C12H13BrN4S. The summed E-state index contributed by atoms with van der Waals surface area (Å²) >= 11 is 5.07. The van der Waals surface area contributed by atoms with E-state index in [1.54, 1.807) is 11.3 Å². The number of hydrogen-bond donors (Lipinski definition) is 3. The van der Waals surface area contributed by atoms with E-state index in [1.165, 1.54) is 4.88 Å². The Balaban J connectivity index is 2.00. The molecule has 1 aromatic carbocycles. The van der Waals surface area contributed by atoms with Crippen molar-refractivity contribution in [1.82, 2.24) is 5.43 Å². The molecule has 2 rings (SSSR count). The van der Waals surface area contributed by atoms with Gasteiger partial charge in [0.15, 0.2) is 0 Å². The Bertz CT molecular complexity index is 524. The average molecular weight is 325 g/mol. The molecule has 4 nitrogen and oxygen atoms in total. The van der Waals surface area contributed by atoms with E-state index in [-0.39, 0.29) is 0 Å². The third-order valence-electron chi connectivity index (χ3n) is 2.19. The van der Waals surface area contributed by atoms with Gasteiger partial charge in [-0.1, -0.05) is 18.2 Å². The van der Waals surface area contributed by atoms with Crippen molar-refractivity contribution in [3.05, 3.63) is 51.1 Å². The van der Waals surface area contributed by atoms with Crippen LogP contribution in [0.5, 0.6) is 0 Å². The highest BCUT2D eigenvalue weighted by Crippen LogP contribution is 2.20. The SMILES string of the molecule is NNC(=NCc1cc(Br)cs1)Nc1ccccc1. The molecule has 4 N–H and O–H groups in total. The van der Waals surface area contributed by atoms with Gasteiger partial charge in [-0.05, 0) is 34.1 Å². The van der Waals surface area contributed by atoms with Crippen LogP contribution in [-0.4, -0.2) is 5.96 Å². The second-order valence-corrected chi connectivity index (χ2v) is 5.44. The standard InChI is InChI=1S/C12H13BrN4S/c13-9-6-11(18-8-9)7-15-12(17-14)16-10-4-2-1-3-5-10/h1-6,8H,7,14H2,(H2,15,16,17). The number of thiophene rings is 1. The first-order valence-corrected chi connectivity index (χ1v) is 7.01. The summed E-state index contributed by atoms with van der Waals surface area (Å²) in [5.41, 5.74) is 3.51. The molecule has 0 fully saturated rings. The largest absolute Gasteiger partial charge is 0.325 e. The van der Waals surface area contributed by atoms with Crippen LogP contribution in [0.15, 0.2) is 51.2 Å². The predicted molar refractivity (Wildman–Crippen MR) is 80.5 cm³/mol. The fraction of sp³-hybridized carbons (Fsp3) is 0.0833. The lowest BCUT2D eigenvalue weighted by atomic mass is 10.3. The molecule has 0 aliphatic heterocycles. The summed E-state index contributed by atoms with van der Waals surface area (Å²) in [7, 11) is 0. The minimum absolute atomic E-state index is 0.547. The summed E-state index contributed by atoms with van der Waals surface area (Å²) in [5.74, 6) is 5.99. The van der Waals surface area contributed by atoms with Gasteiger partial charge in [0.2, 0.25) is 5.96 Å². The number of nitrogens with two attached hydrogens (primary N) is 1. The Kier molecular flexibility index (Phi) is 4.74. The molecule has 1 heterocycles. The topological polar surface area (TPSA) is 62.4 Å². The summed E-state index contributed by atoms with van der Waals surface area (Å²) in [6.45, 7) is 0.593. The van der Waals surface area contributed by atoms with Gasteiger partial charge in [-0.25, -0.2) is 10.8 Å². The molecule has 0 aliphatic carbocycles. The number of hydrogen-bond acceptors (Lipinski definition) is 3. The zero-order valence-corrected chi connectivity index (χ0v) is 12.0. The highest BCUT2D eigenvalue weighted by molar-refractivity contribution is 9.10. The van der Waals surface area contributed by atoms with Gasteiger partial charge in [0, 0.05) is 20.4 Å². The second-order valence-electron chi connectivity index (χ2n) is 3.53. The average Bonchev–Trinajstić information content (AvgIpc) is 2.81. The first kappa shape index (κ1) is 13.1. The van der Waals surface area contributed by atoms with Gasteiger partial charge in [-0.15, -0.1) is 11.3 Å². The molecule has 0 aliphatic rings. The second kappa shape index (κ2) is 6.53. The van der Waals surface area contributed by atoms with Crippen LogP contribution in [0, 0.1) is 0 Å². The number of guanidine groups is 1. The number of para-hydroxylation sites is 1. The van der Waals surface area contributed by atoms with Gasteiger partial charge in [-0.3, -0.25) is 5.43 Å². The van der Waals surface area contributed by atoms with E-state index >= 15 is 0 Å². The van der Waals surface area contributed by atoms with Crippen LogP contribution < -0.4 is 16.6 Å². The lowest BCUT2D eigenvalue weighted by Gasteiger charge is -2.08. The third-order valence-corrected chi connectivity index (χ3v) is 3.87. The molecule has 1 aromatic heterocycles. The highest BCUT2D eigenvalue weighted by Gasteiger charge is 1.99. The van der Waals surface area contributed by atoms with Crippen LogP contribution in [0.4, 0.5) is 5.69 Å². The number of benzene rings is 1. The molecule has 0 saturated heterocycles. The van der Waals surface area contributed by atoms with E-state index in [1.807, 2.05) is 41.8 Å². The number of nitrogens with zero attached hydrogens (tertiary/aromatic N) is 1. The molecule has 0 spiro atoms. The molecule has 94 valence electrons. The quantitative estimate of drug-likeness (QED) is 0.352. The van der Waals surface area contributed by atoms with Gasteiger partial charge >= 0.3 is 0 Å². The molecule has 2 aromatic rings. The monoisotopic (exact) mass is 324 g/mol. The van der Waals surface area contributed by atoms with Crippen molar-refractivity contribution in [2.75, 3.05) is 5.32 Å². The fourth-order valence-electron chi connectivity index (χ4n) is 1.37. The zero-order chi connectivity index (χ0) is 12.8. The Hall–Kier alpha value is -1.37. The van der Waals surface area contributed by atoms with Crippen LogP contribution in [0.1, 0.15) is 4.88 Å².